The third-order valence-electron chi connectivity index (χ3n) is 5.33. The van der Waals surface area contributed by atoms with Gasteiger partial charge in [-0.3, -0.25) is 4.98 Å². The van der Waals surface area contributed by atoms with E-state index in [0.29, 0.717) is 34.2 Å². The summed E-state index contributed by atoms with van der Waals surface area (Å²) >= 11 is 6.43. The summed E-state index contributed by atoms with van der Waals surface area (Å²) in [6, 6.07) is 12.2. The van der Waals surface area contributed by atoms with Crippen LogP contribution in [0, 0.1) is 6.92 Å². The van der Waals surface area contributed by atoms with Crippen molar-refractivity contribution < 1.29 is 14.3 Å². The lowest BCUT2D eigenvalue weighted by Crippen LogP contribution is -2.13. The maximum absolute atomic E-state index is 12.4. The molecule has 34 heavy (non-hydrogen) atoms. The van der Waals surface area contributed by atoms with Gasteiger partial charge in [-0.15, -0.1) is 10.2 Å². The molecule has 1 N–H and O–H groups in total. The monoisotopic (exact) mass is 499 g/mol. The quantitative estimate of drug-likeness (QED) is 0.379. The normalized spacial score (nSPS) is 11.8. The second-order valence-corrected chi connectivity index (χ2v) is 11.0. The number of hydrogen-bond acceptors (Lipinski definition) is 8. The van der Waals surface area contributed by atoms with Crippen LogP contribution in [-0.4, -0.2) is 40.9 Å². The number of sulfone groups is 1. The molecular weight excluding hydrogens is 474 g/mol. The van der Waals surface area contributed by atoms with Crippen molar-refractivity contribution in [3.05, 3.63) is 64.9 Å². The number of halogens is 1. The molecule has 0 atom stereocenters. The Labute approximate surface area is 204 Å². The molecule has 0 unspecified atom stereocenters. The van der Waals surface area contributed by atoms with Gasteiger partial charge in [0.05, 0.1) is 38.3 Å². The molecule has 0 saturated carbocycles. The number of benzene rings is 2. The van der Waals surface area contributed by atoms with Crippen molar-refractivity contribution >= 4 is 21.4 Å². The highest BCUT2D eigenvalue weighted by molar-refractivity contribution is 7.92. The molecule has 0 radical (unpaired) electrons. The van der Waals surface area contributed by atoms with Gasteiger partial charge < -0.3 is 9.73 Å². The fourth-order valence-corrected chi connectivity index (χ4v) is 4.70. The van der Waals surface area contributed by atoms with Crippen molar-refractivity contribution in [2.45, 2.75) is 37.5 Å². The molecule has 0 aliphatic rings. The summed E-state index contributed by atoms with van der Waals surface area (Å²) in [6.07, 6.45) is 1.62. The maximum atomic E-state index is 12.4. The molecule has 0 aliphatic carbocycles. The van der Waals surface area contributed by atoms with Gasteiger partial charge in [0.1, 0.15) is 5.69 Å². The number of nitrogens with zero attached hydrogens (tertiary/aromatic N) is 4. The van der Waals surface area contributed by atoms with Crippen molar-refractivity contribution in [3.8, 4) is 34.3 Å². The Hall–Kier alpha value is -3.14. The Balaban J connectivity index is 0.00000342. The van der Waals surface area contributed by atoms with E-state index in [4.69, 9.17) is 16.0 Å². The van der Waals surface area contributed by atoms with Gasteiger partial charge in [-0.2, -0.15) is 0 Å². The highest BCUT2D eigenvalue weighted by atomic mass is 35.5. The maximum Gasteiger partial charge on any atom is 0.268 e. The van der Waals surface area contributed by atoms with E-state index in [-0.39, 0.29) is 18.1 Å². The predicted octanol–water partition coefficient (Wildman–Crippen LogP) is 4.97. The number of aryl methyl sites for hydroxylation is 1. The molecule has 0 saturated heterocycles. The van der Waals surface area contributed by atoms with E-state index < -0.39 is 15.1 Å². The number of rotatable bonds is 7. The Morgan fingerprint density at radius 1 is 1.09 bits per heavy atom. The molecule has 0 bridgehead atoms. The topological polar surface area (TPSA) is 111 Å². The van der Waals surface area contributed by atoms with E-state index in [1.807, 2.05) is 25.2 Å². The molecule has 0 fully saturated rings. The second kappa shape index (κ2) is 9.61. The largest absolute Gasteiger partial charge is 0.414 e. The summed E-state index contributed by atoms with van der Waals surface area (Å²) in [5.74, 6) is 0.502. The van der Waals surface area contributed by atoms with Gasteiger partial charge in [0, 0.05) is 13.5 Å². The van der Waals surface area contributed by atoms with Crippen LogP contribution in [0.3, 0.4) is 0 Å². The van der Waals surface area contributed by atoms with Crippen LogP contribution in [0.15, 0.2) is 58.0 Å². The average molecular weight is 500 g/mol. The molecule has 0 amide bonds. The van der Waals surface area contributed by atoms with E-state index in [0.717, 1.165) is 11.1 Å². The van der Waals surface area contributed by atoms with Crippen molar-refractivity contribution in [2.75, 3.05) is 7.05 Å². The van der Waals surface area contributed by atoms with E-state index in [1.165, 1.54) is 0 Å². The molecule has 4 aromatic rings. The summed E-state index contributed by atoms with van der Waals surface area (Å²) < 4.78 is 30.7. The first-order chi connectivity index (χ1) is 16.2. The second-order valence-electron chi connectivity index (χ2n) is 8.06. The lowest BCUT2D eigenvalue weighted by Gasteiger charge is -2.09. The average Bonchev–Trinajstić information content (AvgIpc) is 3.29. The zero-order valence-electron chi connectivity index (χ0n) is 19.2. The highest BCUT2D eigenvalue weighted by Gasteiger charge is 2.20. The number of nitrogens with one attached hydrogen (secondary N) is 1. The standard InChI is InChI=1S/C24H24ClN5O3S.H2/c1-14(2)34(31,32)18-8-6-17(7-9-18)21-13-27-15(3)22(28-21)24-30-29-23(33-24)19-10-5-16(12-26-4)11-20(19)25;/h5-11,13-14,26H,12H2,1-4H3;1H. The van der Waals surface area contributed by atoms with Crippen LogP contribution < -0.4 is 5.32 Å². The third kappa shape index (κ3) is 4.72. The van der Waals surface area contributed by atoms with Gasteiger partial charge in [-0.1, -0.05) is 29.8 Å². The molecule has 4 rings (SSSR count). The minimum Gasteiger partial charge on any atom is -0.414 e. The molecule has 178 valence electrons. The Bertz CT molecular complexity index is 1440. The number of hydrogen-bond donors (Lipinski definition) is 1. The van der Waals surface area contributed by atoms with Gasteiger partial charge in [0.15, 0.2) is 9.84 Å². The van der Waals surface area contributed by atoms with Gasteiger partial charge in [-0.25, -0.2) is 13.4 Å². The lowest BCUT2D eigenvalue weighted by atomic mass is 10.1. The van der Waals surface area contributed by atoms with Gasteiger partial charge in [-0.05, 0) is 57.6 Å². The van der Waals surface area contributed by atoms with Crippen LogP contribution in [0.4, 0.5) is 0 Å². The molecule has 0 spiro atoms. The van der Waals surface area contributed by atoms with Crippen LogP contribution in [-0.2, 0) is 16.4 Å². The van der Waals surface area contributed by atoms with Crippen molar-refractivity contribution in [2.24, 2.45) is 0 Å². The summed E-state index contributed by atoms with van der Waals surface area (Å²) in [5, 5.41) is 11.4. The van der Waals surface area contributed by atoms with E-state index >= 15 is 0 Å². The predicted molar refractivity (Wildman–Crippen MR) is 133 cm³/mol. The third-order valence-corrected chi connectivity index (χ3v) is 7.81. The first-order valence-corrected chi connectivity index (χ1v) is 12.6. The minimum atomic E-state index is -3.35. The van der Waals surface area contributed by atoms with Crippen molar-refractivity contribution in [1.82, 2.24) is 25.5 Å². The Morgan fingerprint density at radius 2 is 1.79 bits per heavy atom. The van der Waals surface area contributed by atoms with Crippen molar-refractivity contribution in [1.29, 1.82) is 0 Å². The molecule has 2 aromatic heterocycles. The van der Waals surface area contributed by atoms with Crippen LogP contribution >= 0.6 is 11.6 Å². The Morgan fingerprint density at radius 3 is 2.44 bits per heavy atom. The molecule has 10 heteroatoms. The van der Waals surface area contributed by atoms with Crippen molar-refractivity contribution in [3.63, 3.8) is 0 Å². The first kappa shape index (κ1) is 24.0. The molecular formula is C24H26ClN5O3S. The summed E-state index contributed by atoms with van der Waals surface area (Å²) in [6.45, 7) is 5.81. The molecule has 2 heterocycles. The highest BCUT2D eigenvalue weighted by Crippen LogP contribution is 2.31. The van der Waals surface area contributed by atoms with Crippen LogP contribution in [0.5, 0.6) is 0 Å². The molecule has 0 aliphatic heterocycles. The molecule has 2 aromatic carbocycles. The van der Waals surface area contributed by atoms with Crippen LogP contribution in [0.1, 0.15) is 26.5 Å². The molecule has 8 nitrogen and oxygen atoms in total. The fraction of sp³-hybridized carbons (Fsp3) is 0.250. The van der Waals surface area contributed by atoms with Gasteiger partial charge in [0.25, 0.3) is 5.89 Å². The van der Waals surface area contributed by atoms with Gasteiger partial charge >= 0.3 is 0 Å². The summed E-state index contributed by atoms with van der Waals surface area (Å²) in [5.41, 5.74) is 4.01. The zero-order chi connectivity index (χ0) is 24.5. The van der Waals surface area contributed by atoms with Crippen LogP contribution in [0.25, 0.3) is 34.3 Å². The first-order valence-electron chi connectivity index (χ1n) is 10.7. The lowest BCUT2D eigenvalue weighted by molar-refractivity contribution is 0.581. The zero-order valence-corrected chi connectivity index (χ0v) is 20.8. The van der Waals surface area contributed by atoms with E-state index in [2.05, 4.69) is 25.5 Å². The van der Waals surface area contributed by atoms with E-state index in [9.17, 15) is 8.42 Å². The SMILES string of the molecule is CNCc1ccc(-c2nnc(-c3nc(-c4ccc(S(=O)(=O)C(C)C)cc4)cnc3C)o2)c(Cl)c1.[HH]. The summed E-state index contributed by atoms with van der Waals surface area (Å²) in [7, 11) is -1.48. The Kier molecular flexibility index (Phi) is 6.79. The summed E-state index contributed by atoms with van der Waals surface area (Å²) in [4.78, 5) is 9.35. The number of aromatic nitrogens is 4. The smallest absolute Gasteiger partial charge is 0.268 e. The fourth-order valence-electron chi connectivity index (χ4n) is 3.35. The van der Waals surface area contributed by atoms with Gasteiger partial charge in [0.2, 0.25) is 5.89 Å². The minimum absolute atomic E-state index is 0. The van der Waals surface area contributed by atoms with Crippen LogP contribution in [0.2, 0.25) is 5.02 Å². The van der Waals surface area contributed by atoms with E-state index in [1.54, 1.807) is 51.2 Å².